The van der Waals surface area contributed by atoms with Gasteiger partial charge in [-0.15, -0.1) is 11.3 Å². The summed E-state index contributed by atoms with van der Waals surface area (Å²) in [6, 6.07) is 4.05. The van der Waals surface area contributed by atoms with E-state index < -0.39 is 0 Å². The Hall–Kier alpha value is -1.53. The third-order valence-corrected chi connectivity index (χ3v) is 4.37. The summed E-state index contributed by atoms with van der Waals surface area (Å²) in [5.74, 6) is 0.0866. The number of ether oxygens (including phenoxy) is 1. The fourth-order valence-corrected chi connectivity index (χ4v) is 3.12. The lowest BCUT2D eigenvalue weighted by atomic mass is 10.2. The molecule has 20 heavy (non-hydrogen) atoms. The van der Waals surface area contributed by atoms with E-state index in [4.69, 9.17) is 4.74 Å². The Balaban J connectivity index is 1.84. The predicted octanol–water partition coefficient (Wildman–Crippen LogP) is 2.82. The summed E-state index contributed by atoms with van der Waals surface area (Å²) in [5.41, 5.74) is 0.467. The number of hydrogen-bond acceptors (Lipinski definition) is 5. The second-order valence-electron chi connectivity index (χ2n) is 4.63. The van der Waals surface area contributed by atoms with Gasteiger partial charge in [0.05, 0.1) is 18.8 Å². The standard InChI is InChI=1S/C14H16FN3OS/c1-2-10-13(15)14(17-9-16-10)18-5-6-19-11(8-18)12-4-3-7-20-12/h3-4,7,9,11H,2,5-6,8H2,1H3/t11-/m0/s1. The molecule has 0 N–H and O–H groups in total. The average Bonchev–Trinajstić information content (AvgIpc) is 3.02. The Morgan fingerprint density at radius 2 is 2.40 bits per heavy atom. The Kier molecular flexibility index (Phi) is 3.93. The topological polar surface area (TPSA) is 38.2 Å². The van der Waals surface area contributed by atoms with Crippen LogP contribution in [0.2, 0.25) is 0 Å². The number of morpholine rings is 1. The highest BCUT2D eigenvalue weighted by Gasteiger charge is 2.26. The third kappa shape index (κ3) is 2.53. The van der Waals surface area contributed by atoms with Crippen LogP contribution in [0.15, 0.2) is 23.8 Å². The van der Waals surface area contributed by atoms with Gasteiger partial charge in [0.15, 0.2) is 11.6 Å². The van der Waals surface area contributed by atoms with E-state index in [2.05, 4.69) is 9.97 Å². The predicted molar refractivity (Wildman–Crippen MR) is 76.6 cm³/mol. The van der Waals surface area contributed by atoms with Crippen molar-refractivity contribution < 1.29 is 9.13 Å². The zero-order valence-electron chi connectivity index (χ0n) is 11.3. The molecule has 0 amide bonds. The molecule has 6 heteroatoms. The van der Waals surface area contributed by atoms with Crippen LogP contribution in [-0.4, -0.2) is 29.7 Å². The minimum Gasteiger partial charge on any atom is -0.369 e. The number of hydrogen-bond donors (Lipinski definition) is 0. The summed E-state index contributed by atoms with van der Waals surface area (Å²) in [6.07, 6.45) is 2.00. The molecule has 1 fully saturated rings. The van der Waals surface area contributed by atoms with E-state index in [-0.39, 0.29) is 11.9 Å². The van der Waals surface area contributed by atoms with Crippen molar-refractivity contribution in [3.05, 3.63) is 40.2 Å². The molecule has 0 bridgehead atoms. The quantitative estimate of drug-likeness (QED) is 0.872. The normalized spacial score (nSPS) is 19.3. The largest absolute Gasteiger partial charge is 0.369 e. The first-order valence-corrected chi connectivity index (χ1v) is 7.57. The fourth-order valence-electron chi connectivity index (χ4n) is 2.35. The molecule has 1 aliphatic rings. The van der Waals surface area contributed by atoms with Crippen LogP contribution in [0.25, 0.3) is 0 Å². The lowest BCUT2D eigenvalue weighted by molar-refractivity contribution is 0.0416. The molecule has 2 aromatic rings. The highest BCUT2D eigenvalue weighted by atomic mass is 32.1. The highest BCUT2D eigenvalue weighted by Crippen LogP contribution is 2.29. The van der Waals surface area contributed by atoms with Crippen molar-refractivity contribution in [3.8, 4) is 0 Å². The SMILES string of the molecule is CCc1ncnc(N2CCO[C@H](c3cccs3)C2)c1F. The zero-order chi connectivity index (χ0) is 13.9. The summed E-state index contributed by atoms with van der Waals surface area (Å²) >= 11 is 1.66. The molecule has 3 heterocycles. The number of thiophene rings is 1. The number of halogens is 1. The zero-order valence-corrected chi connectivity index (χ0v) is 12.1. The van der Waals surface area contributed by atoms with Gasteiger partial charge >= 0.3 is 0 Å². The first kappa shape index (κ1) is 13.5. The molecule has 4 nitrogen and oxygen atoms in total. The lowest BCUT2D eigenvalue weighted by Crippen LogP contribution is -2.39. The van der Waals surface area contributed by atoms with Crippen LogP contribution in [0.3, 0.4) is 0 Å². The summed E-state index contributed by atoms with van der Waals surface area (Å²) in [4.78, 5) is 11.2. The molecule has 1 aliphatic heterocycles. The third-order valence-electron chi connectivity index (χ3n) is 3.40. The number of aromatic nitrogens is 2. The summed E-state index contributed by atoms with van der Waals surface area (Å²) in [5, 5.41) is 2.03. The molecule has 1 atom stereocenters. The van der Waals surface area contributed by atoms with Crippen LogP contribution in [0.4, 0.5) is 10.2 Å². The minimum absolute atomic E-state index is 0.0109. The van der Waals surface area contributed by atoms with Crippen molar-refractivity contribution in [2.24, 2.45) is 0 Å². The van der Waals surface area contributed by atoms with E-state index in [1.807, 2.05) is 29.3 Å². The van der Waals surface area contributed by atoms with E-state index >= 15 is 0 Å². The number of anilines is 1. The maximum Gasteiger partial charge on any atom is 0.187 e. The molecule has 0 unspecified atom stereocenters. The fraction of sp³-hybridized carbons (Fsp3) is 0.429. The van der Waals surface area contributed by atoms with Crippen molar-refractivity contribution in [2.45, 2.75) is 19.4 Å². The van der Waals surface area contributed by atoms with Gasteiger partial charge in [-0.3, -0.25) is 0 Å². The van der Waals surface area contributed by atoms with Gasteiger partial charge in [-0.1, -0.05) is 13.0 Å². The van der Waals surface area contributed by atoms with Crippen LogP contribution in [0.5, 0.6) is 0 Å². The van der Waals surface area contributed by atoms with Gasteiger partial charge in [-0.05, 0) is 17.9 Å². The molecule has 0 aromatic carbocycles. The Bertz CT molecular complexity index is 576. The number of aryl methyl sites for hydroxylation is 1. The van der Waals surface area contributed by atoms with E-state index in [1.165, 1.54) is 11.2 Å². The maximum absolute atomic E-state index is 14.3. The molecule has 2 aromatic heterocycles. The van der Waals surface area contributed by atoms with Gasteiger partial charge in [0.25, 0.3) is 0 Å². The van der Waals surface area contributed by atoms with Crippen LogP contribution in [0.1, 0.15) is 23.6 Å². The number of nitrogens with zero attached hydrogens (tertiary/aromatic N) is 3. The van der Waals surface area contributed by atoms with E-state index in [1.54, 1.807) is 11.3 Å². The smallest absolute Gasteiger partial charge is 0.187 e. The first-order chi connectivity index (χ1) is 9.79. The summed E-state index contributed by atoms with van der Waals surface area (Å²) < 4.78 is 20.1. The van der Waals surface area contributed by atoms with Gasteiger partial charge in [0.2, 0.25) is 0 Å². The molecule has 106 valence electrons. The van der Waals surface area contributed by atoms with Crippen molar-refractivity contribution in [3.63, 3.8) is 0 Å². The highest BCUT2D eigenvalue weighted by molar-refractivity contribution is 7.10. The molecule has 0 spiro atoms. The summed E-state index contributed by atoms with van der Waals surface area (Å²) in [7, 11) is 0. The van der Waals surface area contributed by atoms with Crippen LogP contribution < -0.4 is 4.90 Å². The van der Waals surface area contributed by atoms with Crippen molar-refractivity contribution in [1.29, 1.82) is 0 Å². The molecule has 1 saturated heterocycles. The van der Waals surface area contributed by atoms with Crippen molar-refractivity contribution in [2.75, 3.05) is 24.6 Å². The monoisotopic (exact) mass is 293 g/mol. The molecule has 0 aliphatic carbocycles. The van der Waals surface area contributed by atoms with Gasteiger partial charge < -0.3 is 9.64 Å². The van der Waals surface area contributed by atoms with Crippen LogP contribution in [0, 0.1) is 5.82 Å². The molecule has 0 saturated carbocycles. The van der Waals surface area contributed by atoms with Crippen LogP contribution in [-0.2, 0) is 11.2 Å². The molecular weight excluding hydrogens is 277 g/mol. The van der Waals surface area contributed by atoms with Crippen molar-refractivity contribution in [1.82, 2.24) is 9.97 Å². The van der Waals surface area contributed by atoms with Crippen molar-refractivity contribution >= 4 is 17.2 Å². The molecule has 0 radical (unpaired) electrons. The van der Waals surface area contributed by atoms with Crippen LogP contribution >= 0.6 is 11.3 Å². The van der Waals surface area contributed by atoms with E-state index in [0.29, 0.717) is 37.6 Å². The maximum atomic E-state index is 14.3. The first-order valence-electron chi connectivity index (χ1n) is 6.69. The minimum atomic E-state index is -0.304. The molecular formula is C14H16FN3OS. The number of rotatable bonds is 3. The van der Waals surface area contributed by atoms with Gasteiger partial charge in [-0.25, -0.2) is 14.4 Å². The Labute approximate surface area is 121 Å². The Morgan fingerprint density at radius 3 is 3.15 bits per heavy atom. The van der Waals surface area contributed by atoms with E-state index in [9.17, 15) is 4.39 Å². The van der Waals surface area contributed by atoms with Gasteiger partial charge in [-0.2, -0.15) is 0 Å². The van der Waals surface area contributed by atoms with Gasteiger partial charge in [0.1, 0.15) is 12.4 Å². The average molecular weight is 293 g/mol. The Morgan fingerprint density at radius 1 is 1.50 bits per heavy atom. The summed E-state index contributed by atoms with van der Waals surface area (Å²) in [6.45, 7) is 3.74. The van der Waals surface area contributed by atoms with Gasteiger partial charge in [0, 0.05) is 11.4 Å². The second kappa shape index (κ2) is 5.85. The second-order valence-corrected chi connectivity index (χ2v) is 5.61. The lowest BCUT2D eigenvalue weighted by Gasteiger charge is -2.33. The van der Waals surface area contributed by atoms with E-state index in [0.717, 1.165) is 0 Å². The molecule has 3 rings (SSSR count).